The standard InChI is InChI=1S/C22H27FN10O11P2/c1-22-2-8(32-6-29-12-18(32)30-21(25)31-19(12)35)13(34)15(22)44-45(36,37)40-3-9-14(43-46(38,39)41-4-22)10(23)20(42-9)33-7-28-11-16(24)26-5-27-17(11)33/h5-10,13-15,20,34H,2-4H2,1H3,(H,36,37)(H,38,39)(H2,24,26,27)(H3,25,30,31,35)/t8-,9-,10-,13+,14-,15+,20-,22-/m1/s1. The van der Waals surface area contributed by atoms with Crippen LogP contribution in [0.5, 0.6) is 0 Å². The monoisotopic (exact) mass is 688 g/mol. The van der Waals surface area contributed by atoms with Gasteiger partial charge in [-0.15, -0.1) is 0 Å². The van der Waals surface area contributed by atoms with Gasteiger partial charge in [0, 0.05) is 5.41 Å². The average molecular weight is 688 g/mol. The van der Waals surface area contributed by atoms with Gasteiger partial charge in [-0.05, 0) is 6.42 Å². The average Bonchev–Trinajstić information content (AvgIpc) is 3.73. The van der Waals surface area contributed by atoms with Crippen molar-refractivity contribution in [1.29, 1.82) is 0 Å². The number of nitrogens with zero attached hydrogens (tertiary/aromatic N) is 7. The number of hydrogen-bond acceptors (Lipinski definition) is 16. The van der Waals surface area contributed by atoms with Crippen molar-refractivity contribution in [3.8, 4) is 0 Å². The van der Waals surface area contributed by atoms with Crippen molar-refractivity contribution in [2.75, 3.05) is 24.7 Å². The van der Waals surface area contributed by atoms with Gasteiger partial charge in [-0.25, -0.2) is 33.5 Å². The lowest BCUT2D eigenvalue weighted by Gasteiger charge is -2.34. The Balaban J connectivity index is 1.20. The van der Waals surface area contributed by atoms with Gasteiger partial charge in [0.2, 0.25) is 5.95 Å². The number of aromatic amines is 1. The summed E-state index contributed by atoms with van der Waals surface area (Å²) in [5.74, 6) is -0.218. The first kappa shape index (κ1) is 31.2. The van der Waals surface area contributed by atoms with Crippen LogP contribution in [0.3, 0.4) is 0 Å². The molecule has 3 fully saturated rings. The summed E-state index contributed by atoms with van der Waals surface area (Å²) in [5, 5.41) is 11.4. The predicted molar refractivity (Wildman–Crippen MR) is 150 cm³/mol. The molecule has 1 saturated carbocycles. The maximum absolute atomic E-state index is 16.0. The molecule has 2 unspecified atom stereocenters. The Morgan fingerprint density at radius 2 is 1.76 bits per heavy atom. The van der Waals surface area contributed by atoms with E-state index in [9.17, 15) is 28.8 Å². The summed E-state index contributed by atoms with van der Waals surface area (Å²) in [6, 6.07) is -1.01. The molecule has 0 spiro atoms. The fourth-order valence-electron chi connectivity index (χ4n) is 6.10. The van der Waals surface area contributed by atoms with Crippen LogP contribution in [-0.2, 0) is 32.0 Å². The number of nitrogens with two attached hydrogens (primary N) is 2. The third-order valence-corrected chi connectivity index (χ3v) is 10.2. The summed E-state index contributed by atoms with van der Waals surface area (Å²) in [7, 11) is -10.1. The molecule has 248 valence electrons. The molecule has 46 heavy (non-hydrogen) atoms. The van der Waals surface area contributed by atoms with Crippen LogP contribution in [0, 0.1) is 5.41 Å². The zero-order valence-corrected chi connectivity index (χ0v) is 25.3. The van der Waals surface area contributed by atoms with Gasteiger partial charge in [0.1, 0.15) is 36.3 Å². The number of nitrogens with one attached hydrogen (secondary N) is 1. The number of imidazole rings is 2. The summed E-state index contributed by atoms with van der Waals surface area (Å²) >= 11 is 0. The van der Waals surface area contributed by atoms with Crippen molar-refractivity contribution in [3.05, 3.63) is 29.3 Å². The number of nitrogen functional groups attached to an aromatic ring is 2. The first-order valence-corrected chi connectivity index (χ1v) is 16.6. The SMILES string of the molecule is C[C@@]12COP(=O)(O)O[C@H]3[C@@H](F)[C@H](n4cnc5c(N)ncnc54)O[C@@H]3COP(=O)(O)O[C@H]1[C@@H](O)[C@H](n1cnc3c(=O)[nH]c(N)nc31)C2. The maximum atomic E-state index is 16.0. The van der Waals surface area contributed by atoms with Crippen molar-refractivity contribution >= 4 is 49.7 Å². The van der Waals surface area contributed by atoms with Gasteiger partial charge < -0.3 is 35.7 Å². The van der Waals surface area contributed by atoms with Gasteiger partial charge in [-0.2, -0.15) is 4.98 Å². The molecule has 3 aliphatic rings. The summed E-state index contributed by atoms with van der Waals surface area (Å²) in [4.78, 5) is 56.1. The highest BCUT2D eigenvalue weighted by molar-refractivity contribution is 7.47. The third kappa shape index (κ3) is 5.20. The van der Waals surface area contributed by atoms with Crippen molar-refractivity contribution in [3.63, 3.8) is 0 Å². The van der Waals surface area contributed by atoms with E-state index in [1.807, 2.05) is 0 Å². The molecule has 8 N–H and O–H groups in total. The number of alkyl halides is 1. The van der Waals surface area contributed by atoms with E-state index in [-0.39, 0.29) is 40.5 Å². The molecular formula is C22H27FN10O11P2. The Morgan fingerprint density at radius 1 is 1.04 bits per heavy atom. The van der Waals surface area contributed by atoms with Gasteiger partial charge in [0.25, 0.3) is 5.56 Å². The summed E-state index contributed by atoms with van der Waals surface area (Å²) in [6.45, 7) is -0.101. The minimum Gasteiger partial charge on any atom is -0.388 e. The van der Waals surface area contributed by atoms with Gasteiger partial charge >= 0.3 is 15.6 Å². The van der Waals surface area contributed by atoms with Gasteiger partial charge in [-0.1, -0.05) is 6.92 Å². The largest absolute Gasteiger partial charge is 0.472 e. The lowest BCUT2D eigenvalue weighted by Crippen LogP contribution is -2.41. The second-order valence-electron chi connectivity index (χ2n) is 11.4. The minimum atomic E-state index is -5.09. The number of halogens is 1. The molecule has 6 heterocycles. The molecule has 1 aliphatic carbocycles. The van der Waals surface area contributed by atoms with Crippen LogP contribution in [0.25, 0.3) is 22.3 Å². The molecule has 10 atom stereocenters. The molecule has 4 aromatic rings. The number of aliphatic hydroxyl groups excluding tert-OH is 1. The number of phosphoric ester groups is 2. The number of fused-ring (bicyclic) bond motifs is 4. The number of aromatic nitrogens is 8. The third-order valence-electron chi connectivity index (χ3n) is 8.26. The molecule has 0 amide bonds. The highest BCUT2D eigenvalue weighted by atomic mass is 31.2. The van der Waals surface area contributed by atoms with E-state index in [1.54, 1.807) is 0 Å². The first-order chi connectivity index (χ1) is 21.7. The Bertz CT molecular complexity index is 1990. The van der Waals surface area contributed by atoms with Crippen LogP contribution in [0.15, 0.2) is 23.8 Å². The van der Waals surface area contributed by atoms with Gasteiger partial charge in [0.05, 0.1) is 31.9 Å². The van der Waals surface area contributed by atoms with Gasteiger partial charge in [0.15, 0.2) is 35.0 Å². The lowest BCUT2D eigenvalue weighted by molar-refractivity contribution is -0.0717. The van der Waals surface area contributed by atoms with Crippen LogP contribution in [0.4, 0.5) is 16.2 Å². The summed E-state index contributed by atoms with van der Waals surface area (Å²) in [5.41, 5.74) is 9.51. The van der Waals surface area contributed by atoms with Crippen molar-refractivity contribution < 1.29 is 51.2 Å². The predicted octanol–water partition coefficient (Wildman–Crippen LogP) is -0.311. The number of hydrogen-bond donors (Lipinski definition) is 6. The minimum absolute atomic E-state index is 0.0000602. The summed E-state index contributed by atoms with van der Waals surface area (Å²) < 4.78 is 71.8. The van der Waals surface area contributed by atoms with E-state index in [4.69, 9.17) is 34.3 Å². The molecule has 0 aromatic carbocycles. The molecule has 2 aliphatic heterocycles. The quantitative estimate of drug-likeness (QED) is 0.147. The van der Waals surface area contributed by atoms with Crippen LogP contribution in [0.1, 0.15) is 25.6 Å². The highest BCUT2D eigenvalue weighted by Gasteiger charge is 2.57. The van der Waals surface area contributed by atoms with Crippen LogP contribution in [0.2, 0.25) is 0 Å². The normalized spacial score (nSPS) is 38.8. The fourth-order valence-corrected chi connectivity index (χ4v) is 8.24. The molecule has 4 aromatic heterocycles. The molecule has 21 nitrogen and oxygen atoms in total. The second kappa shape index (κ2) is 10.8. The first-order valence-electron chi connectivity index (χ1n) is 13.6. The zero-order valence-electron chi connectivity index (χ0n) is 23.6. The lowest BCUT2D eigenvalue weighted by atomic mass is 9.87. The molecule has 0 bridgehead atoms. The van der Waals surface area contributed by atoms with E-state index in [0.29, 0.717) is 0 Å². The molecule has 7 rings (SSSR count). The van der Waals surface area contributed by atoms with E-state index in [0.717, 1.165) is 10.9 Å². The van der Waals surface area contributed by atoms with Crippen molar-refractivity contribution in [2.45, 2.75) is 56.2 Å². The summed E-state index contributed by atoms with van der Waals surface area (Å²) in [6.07, 6.45) is -6.92. The molecular weight excluding hydrogens is 661 g/mol. The van der Waals surface area contributed by atoms with Crippen LogP contribution >= 0.6 is 15.6 Å². The van der Waals surface area contributed by atoms with Crippen LogP contribution in [-0.4, -0.2) is 97.7 Å². The number of anilines is 2. The number of phosphoric acid groups is 2. The van der Waals surface area contributed by atoms with E-state index in [1.165, 1.54) is 24.1 Å². The number of aliphatic hydroxyl groups is 1. The number of H-pyrrole nitrogens is 1. The Labute approximate surface area is 255 Å². The fraction of sp³-hybridized carbons (Fsp3) is 0.545. The smallest absolute Gasteiger partial charge is 0.388 e. The Morgan fingerprint density at radius 3 is 2.54 bits per heavy atom. The second-order valence-corrected chi connectivity index (χ2v) is 14.2. The zero-order chi connectivity index (χ0) is 32.8. The molecule has 2 saturated heterocycles. The molecule has 0 radical (unpaired) electrons. The van der Waals surface area contributed by atoms with Crippen LogP contribution < -0.4 is 17.0 Å². The molecule has 24 heteroatoms. The Kier molecular flexibility index (Phi) is 7.33. The number of rotatable bonds is 2. The van der Waals surface area contributed by atoms with E-state index >= 15 is 4.39 Å². The topological polar surface area (TPSA) is 300 Å². The number of ether oxygens (including phenoxy) is 1. The van der Waals surface area contributed by atoms with E-state index < -0.39 is 82.7 Å². The Hall–Kier alpha value is -3.43. The van der Waals surface area contributed by atoms with E-state index in [2.05, 4.69) is 29.9 Å². The highest BCUT2D eigenvalue weighted by Crippen LogP contribution is 2.58. The van der Waals surface area contributed by atoms with Gasteiger partial charge in [-0.3, -0.25) is 32.4 Å². The maximum Gasteiger partial charge on any atom is 0.472 e. The van der Waals surface area contributed by atoms with Crippen molar-refractivity contribution in [1.82, 2.24) is 39.0 Å². The van der Waals surface area contributed by atoms with Crippen molar-refractivity contribution in [2.24, 2.45) is 5.41 Å².